The Morgan fingerprint density at radius 3 is 2.71 bits per heavy atom. The van der Waals surface area contributed by atoms with E-state index in [0.29, 0.717) is 0 Å². The van der Waals surface area contributed by atoms with Gasteiger partial charge in [-0.2, -0.15) is 0 Å². The van der Waals surface area contributed by atoms with Gasteiger partial charge in [0, 0.05) is 28.9 Å². The number of benzene rings is 1. The lowest BCUT2D eigenvalue weighted by molar-refractivity contribution is 0.628. The first-order chi connectivity index (χ1) is 8.00. The molecule has 2 nitrogen and oxygen atoms in total. The zero-order valence-electron chi connectivity index (χ0n) is 11.2. The van der Waals surface area contributed by atoms with Gasteiger partial charge in [-0.15, -0.1) is 0 Å². The number of nitrogens with one attached hydrogen (secondary N) is 1. The van der Waals surface area contributed by atoms with E-state index in [9.17, 15) is 4.21 Å². The highest BCUT2D eigenvalue weighted by Gasteiger charge is 2.05. The molecule has 3 heteroatoms. The lowest BCUT2D eigenvalue weighted by Gasteiger charge is -2.11. The Balaban J connectivity index is 2.36. The molecule has 0 aliphatic carbocycles. The minimum atomic E-state index is -0.706. The predicted octanol–water partition coefficient (Wildman–Crippen LogP) is 2.55. The van der Waals surface area contributed by atoms with Gasteiger partial charge in [0.1, 0.15) is 0 Å². The first-order valence-electron chi connectivity index (χ1n) is 6.09. The second-order valence-electron chi connectivity index (χ2n) is 4.70. The number of rotatable bonds is 6. The molecule has 1 rings (SSSR count). The molecule has 0 aliphatic rings. The molecule has 0 saturated carbocycles. The highest BCUT2D eigenvalue weighted by atomic mass is 32.2. The summed E-state index contributed by atoms with van der Waals surface area (Å²) in [4.78, 5) is 0. The third-order valence-corrected chi connectivity index (χ3v) is 4.48. The molecular formula is C14H23NOS. The van der Waals surface area contributed by atoms with Crippen LogP contribution >= 0.6 is 0 Å². The number of aryl methyl sites for hydroxylation is 2. The largest absolute Gasteiger partial charge is 0.313 e. The fourth-order valence-corrected chi connectivity index (χ4v) is 2.13. The van der Waals surface area contributed by atoms with E-state index in [1.165, 1.54) is 16.7 Å². The molecule has 2 unspecified atom stereocenters. The molecular weight excluding hydrogens is 230 g/mol. The Morgan fingerprint density at radius 1 is 1.35 bits per heavy atom. The summed E-state index contributed by atoms with van der Waals surface area (Å²) >= 11 is 0. The molecule has 0 bridgehead atoms. The predicted molar refractivity (Wildman–Crippen MR) is 75.8 cm³/mol. The quantitative estimate of drug-likeness (QED) is 0.789. The van der Waals surface area contributed by atoms with Crippen LogP contribution in [0.5, 0.6) is 0 Å². The van der Waals surface area contributed by atoms with Crippen LogP contribution in [0.3, 0.4) is 0 Å². The first kappa shape index (κ1) is 14.4. The minimum absolute atomic E-state index is 0.279. The summed E-state index contributed by atoms with van der Waals surface area (Å²) in [5, 5.41) is 3.70. The normalized spacial score (nSPS) is 14.6. The average molecular weight is 253 g/mol. The van der Waals surface area contributed by atoms with Gasteiger partial charge in [0.25, 0.3) is 0 Å². The molecule has 0 radical (unpaired) electrons. The van der Waals surface area contributed by atoms with E-state index < -0.39 is 10.8 Å². The van der Waals surface area contributed by atoms with Crippen molar-refractivity contribution >= 4 is 10.8 Å². The maximum absolute atomic E-state index is 11.2. The third kappa shape index (κ3) is 5.00. The van der Waals surface area contributed by atoms with Crippen LogP contribution < -0.4 is 5.32 Å². The van der Waals surface area contributed by atoms with E-state index >= 15 is 0 Å². The van der Waals surface area contributed by atoms with Crippen molar-refractivity contribution in [1.82, 2.24) is 5.32 Å². The average Bonchev–Trinajstić information content (AvgIpc) is 2.28. The van der Waals surface area contributed by atoms with E-state index in [1.807, 2.05) is 6.92 Å². The molecule has 0 heterocycles. The maximum Gasteiger partial charge on any atom is 0.0329 e. The zero-order valence-corrected chi connectivity index (χ0v) is 12.1. The van der Waals surface area contributed by atoms with Crippen LogP contribution in [0.25, 0.3) is 0 Å². The lowest BCUT2D eigenvalue weighted by atomic mass is 10.1. The van der Waals surface area contributed by atoms with Crippen molar-refractivity contribution in [3.63, 3.8) is 0 Å². The van der Waals surface area contributed by atoms with Gasteiger partial charge in [0.15, 0.2) is 0 Å². The Labute approximate surface area is 107 Å². The highest BCUT2D eigenvalue weighted by Crippen LogP contribution is 2.10. The van der Waals surface area contributed by atoms with Crippen LogP contribution in [0.1, 0.15) is 30.0 Å². The summed E-state index contributed by atoms with van der Waals surface area (Å²) in [6.45, 7) is 8.12. The van der Waals surface area contributed by atoms with Crippen molar-refractivity contribution in [2.75, 3.05) is 12.8 Å². The monoisotopic (exact) mass is 253 g/mol. The molecule has 0 amide bonds. The highest BCUT2D eigenvalue weighted by molar-refractivity contribution is 7.84. The fraction of sp³-hybridized carbons (Fsp3) is 0.571. The van der Waals surface area contributed by atoms with Crippen molar-refractivity contribution in [2.45, 2.75) is 39.0 Å². The zero-order chi connectivity index (χ0) is 12.8. The number of hydrogen-bond acceptors (Lipinski definition) is 2. The standard InChI is InChI=1S/C14H23NOS/c1-11-5-6-12(2)14(9-11)10-15-8-7-13(3)17(4)16/h5-6,9,13,15H,7-8,10H2,1-4H3. The second-order valence-corrected chi connectivity index (χ2v) is 6.51. The molecule has 0 aromatic heterocycles. The maximum atomic E-state index is 11.2. The van der Waals surface area contributed by atoms with E-state index in [-0.39, 0.29) is 5.25 Å². The van der Waals surface area contributed by atoms with Gasteiger partial charge in [-0.25, -0.2) is 0 Å². The van der Waals surface area contributed by atoms with Crippen LogP contribution in [0, 0.1) is 13.8 Å². The molecule has 17 heavy (non-hydrogen) atoms. The lowest BCUT2D eigenvalue weighted by Crippen LogP contribution is -2.21. The van der Waals surface area contributed by atoms with E-state index in [2.05, 4.69) is 37.4 Å². The van der Waals surface area contributed by atoms with Gasteiger partial charge in [0.2, 0.25) is 0 Å². The molecule has 0 aliphatic heterocycles. The molecule has 0 saturated heterocycles. The van der Waals surface area contributed by atoms with Gasteiger partial charge in [-0.1, -0.05) is 30.7 Å². The van der Waals surface area contributed by atoms with E-state index in [1.54, 1.807) is 6.26 Å². The molecule has 1 N–H and O–H groups in total. The van der Waals surface area contributed by atoms with Gasteiger partial charge in [0.05, 0.1) is 0 Å². The van der Waals surface area contributed by atoms with Crippen molar-refractivity contribution in [1.29, 1.82) is 0 Å². The van der Waals surface area contributed by atoms with Gasteiger partial charge < -0.3 is 5.32 Å². The van der Waals surface area contributed by atoms with Gasteiger partial charge >= 0.3 is 0 Å². The topological polar surface area (TPSA) is 29.1 Å². The van der Waals surface area contributed by atoms with Crippen molar-refractivity contribution in [3.05, 3.63) is 34.9 Å². The Bertz CT molecular complexity index is 390. The van der Waals surface area contributed by atoms with Crippen LogP contribution in [0.15, 0.2) is 18.2 Å². The van der Waals surface area contributed by atoms with Crippen LogP contribution in [0.2, 0.25) is 0 Å². The first-order valence-corrected chi connectivity index (χ1v) is 7.72. The summed E-state index contributed by atoms with van der Waals surface area (Å²) in [5.41, 5.74) is 3.99. The van der Waals surface area contributed by atoms with Crippen molar-refractivity contribution < 1.29 is 4.21 Å². The summed E-state index contributed by atoms with van der Waals surface area (Å²) in [7, 11) is -0.706. The van der Waals surface area contributed by atoms with Gasteiger partial charge in [-0.05, 0) is 37.9 Å². The molecule has 2 atom stereocenters. The molecule has 96 valence electrons. The fourth-order valence-electron chi connectivity index (χ4n) is 1.69. The Morgan fingerprint density at radius 2 is 2.06 bits per heavy atom. The minimum Gasteiger partial charge on any atom is -0.313 e. The SMILES string of the molecule is Cc1ccc(C)c(CNCCC(C)S(C)=O)c1. The smallest absolute Gasteiger partial charge is 0.0329 e. The summed E-state index contributed by atoms with van der Waals surface area (Å²) in [5.74, 6) is 0. The molecule has 1 aromatic carbocycles. The van der Waals surface area contributed by atoms with Crippen molar-refractivity contribution in [3.8, 4) is 0 Å². The van der Waals surface area contributed by atoms with Crippen LogP contribution in [-0.4, -0.2) is 22.3 Å². The number of hydrogen-bond donors (Lipinski definition) is 1. The molecule has 1 aromatic rings. The summed E-state index contributed by atoms with van der Waals surface area (Å²) in [6.07, 6.45) is 2.74. The summed E-state index contributed by atoms with van der Waals surface area (Å²) in [6, 6.07) is 6.53. The Kier molecular flexibility index (Phi) is 5.86. The second kappa shape index (κ2) is 6.92. The molecule has 0 fully saturated rings. The Hall–Kier alpha value is -0.670. The van der Waals surface area contributed by atoms with Gasteiger partial charge in [-0.3, -0.25) is 4.21 Å². The third-order valence-electron chi connectivity index (χ3n) is 3.11. The van der Waals surface area contributed by atoms with Crippen LogP contribution in [0.4, 0.5) is 0 Å². The van der Waals surface area contributed by atoms with E-state index in [0.717, 1.165) is 19.5 Å². The van der Waals surface area contributed by atoms with Crippen molar-refractivity contribution in [2.24, 2.45) is 0 Å². The summed E-state index contributed by atoms with van der Waals surface area (Å²) < 4.78 is 11.2. The van der Waals surface area contributed by atoms with E-state index in [4.69, 9.17) is 0 Å². The van der Waals surface area contributed by atoms with Crippen LogP contribution in [-0.2, 0) is 17.3 Å². The molecule has 0 spiro atoms.